The Morgan fingerprint density at radius 3 is 2.45 bits per heavy atom. The molecule has 0 aromatic heterocycles. The van der Waals surface area contributed by atoms with Gasteiger partial charge in [-0.2, -0.15) is 0 Å². The Morgan fingerprint density at radius 2 is 2.00 bits per heavy atom. The van der Waals surface area contributed by atoms with Gasteiger partial charge in [-0.05, 0) is 19.4 Å². The van der Waals surface area contributed by atoms with Crippen LogP contribution in [0, 0.1) is 0 Å². The second-order valence-electron chi connectivity index (χ2n) is 2.39. The van der Waals surface area contributed by atoms with Crippen molar-refractivity contribution >= 4 is 44.6 Å². The number of rotatable bonds is 6. The fourth-order valence-corrected chi connectivity index (χ4v) is 2.91. The highest BCUT2D eigenvalue weighted by Crippen LogP contribution is 2.05. The molecule has 0 saturated carbocycles. The summed E-state index contributed by atoms with van der Waals surface area (Å²) < 4.78 is 5.26. The Bertz CT molecular complexity index is 79.9. The summed E-state index contributed by atoms with van der Waals surface area (Å²) in [4.78, 5) is -0.379. The Labute approximate surface area is 85.3 Å². The lowest BCUT2D eigenvalue weighted by Crippen LogP contribution is -2.07. The quantitative estimate of drug-likeness (QED) is 0.390. The molecule has 0 N–H and O–H groups in total. The zero-order valence-electron chi connectivity index (χ0n) is 6.53. The zero-order valence-corrected chi connectivity index (χ0v) is 10.2. The first-order valence-electron chi connectivity index (χ1n) is 3.63. The van der Waals surface area contributed by atoms with Crippen LogP contribution < -0.4 is 0 Å². The highest BCUT2D eigenvalue weighted by atomic mass is 35.5. The van der Waals surface area contributed by atoms with Crippen LogP contribution in [0.4, 0.5) is 0 Å². The van der Waals surface area contributed by atoms with E-state index in [1.165, 1.54) is 0 Å². The third kappa shape index (κ3) is 11.0. The molecule has 0 aromatic carbocycles. The van der Waals surface area contributed by atoms with Gasteiger partial charge in [0, 0.05) is 5.38 Å². The maximum absolute atomic E-state index is 5.73. The molecule has 11 heavy (non-hydrogen) atoms. The average Bonchev–Trinajstić information content (AvgIpc) is 1.85. The van der Waals surface area contributed by atoms with E-state index in [4.69, 9.17) is 39.2 Å². The predicted molar refractivity (Wildman–Crippen MR) is 54.7 cm³/mol. The summed E-state index contributed by atoms with van der Waals surface area (Å²) >= 11 is 16.6. The van der Waals surface area contributed by atoms with E-state index in [0.717, 1.165) is 12.5 Å². The molecule has 0 heterocycles. The van der Waals surface area contributed by atoms with Crippen LogP contribution >= 0.6 is 34.8 Å². The second kappa shape index (κ2) is 7.68. The van der Waals surface area contributed by atoms with Crippen molar-refractivity contribution in [1.29, 1.82) is 0 Å². The predicted octanol–water partition coefficient (Wildman–Crippen LogP) is 2.33. The minimum atomic E-state index is -0.428. The zero-order chi connectivity index (χ0) is 8.69. The molecule has 1 atom stereocenters. The molecule has 1 nitrogen and oxygen atoms in total. The first kappa shape index (κ1) is 12.0. The van der Waals surface area contributed by atoms with Gasteiger partial charge in [0.05, 0.1) is 6.61 Å². The topological polar surface area (TPSA) is 9.23 Å². The van der Waals surface area contributed by atoms with Gasteiger partial charge >= 0.3 is 0 Å². The molecule has 0 aromatic rings. The molecule has 0 aliphatic heterocycles. The van der Waals surface area contributed by atoms with Crippen molar-refractivity contribution in [2.45, 2.75) is 29.6 Å². The number of alkyl halides is 3. The lowest BCUT2D eigenvalue weighted by atomic mass is 10.4. The lowest BCUT2D eigenvalue weighted by molar-refractivity contribution is 0.353. The first-order chi connectivity index (χ1) is 5.13. The third-order valence-electron chi connectivity index (χ3n) is 1.13. The van der Waals surface area contributed by atoms with E-state index in [-0.39, 0.29) is 10.2 Å². The SMILES string of the molecule is CC(Cl)CC[SiH2]OCC(Cl)Cl. The molecule has 0 amide bonds. The van der Waals surface area contributed by atoms with Crippen molar-refractivity contribution in [3.05, 3.63) is 0 Å². The molecule has 5 heteroatoms. The Kier molecular flexibility index (Phi) is 8.41. The summed E-state index contributed by atoms with van der Waals surface area (Å²) in [6.45, 7) is 2.45. The number of hydrogen-bond acceptors (Lipinski definition) is 1. The fourth-order valence-electron chi connectivity index (χ4n) is 0.639. The molecule has 0 spiro atoms. The van der Waals surface area contributed by atoms with Gasteiger partial charge in [-0.15, -0.1) is 34.8 Å². The van der Waals surface area contributed by atoms with E-state index in [9.17, 15) is 0 Å². The Hall–Kier alpha value is 1.05. The van der Waals surface area contributed by atoms with Crippen LogP contribution in [-0.4, -0.2) is 26.6 Å². The molecule has 0 saturated heterocycles. The van der Waals surface area contributed by atoms with Crippen LogP contribution in [-0.2, 0) is 4.43 Å². The van der Waals surface area contributed by atoms with Crippen molar-refractivity contribution in [3.8, 4) is 0 Å². The molecule has 0 radical (unpaired) electrons. The van der Waals surface area contributed by atoms with E-state index in [1.54, 1.807) is 0 Å². The van der Waals surface area contributed by atoms with Crippen LogP contribution in [0.1, 0.15) is 13.3 Å². The van der Waals surface area contributed by atoms with Crippen LogP contribution in [0.3, 0.4) is 0 Å². The second-order valence-corrected chi connectivity index (χ2v) is 5.93. The highest BCUT2D eigenvalue weighted by Gasteiger charge is 1.99. The minimum absolute atomic E-state index is 0.258. The van der Waals surface area contributed by atoms with E-state index in [0.29, 0.717) is 6.61 Å². The van der Waals surface area contributed by atoms with Crippen LogP contribution in [0.25, 0.3) is 0 Å². The normalized spacial score (nSPS) is 15.0. The maximum Gasteiger partial charge on any atom is 0.161 e. The molecule has 0 aliphatic carbocycles. The van der Waals surface area contributed by atoms with Gasteiger partial charge in [-0.1, -0.05) is 0 Å². The van der Waals surface area contributed by atoms with Crippen LogP contribution in [0.2, 0.25) is 6.04 Å². The smallest absolute Gasteiger partial charge is 0.161 e. The standard InChI is InChI=1S/C6H13Cl3OSi/c1-5(7)2-3-11-10-4-6(8)9/h5-6H,2-4,11H2,1H3. The molecule has 1 unspecified atom stereocenters. The fraction of sp³-hybridized carbons (Fsp3) is 1.00. The van der Waals surface area contributed by atoms with E-state index < -0.39 is 9.76 Å². The van der Waals surface area contributed by atoms with Crippen molar-refractivity contribution < 1.29 is 4.43 Å². The number of halogens is 3. The van der Waals surface area contributed by atoms with Gasteiger partial charge in [-0.25, -0.2) is 0 Å². The van der Waals surface area contributed by atoms with E-state index in [1.807, 2.05) is 6.92 Å². The largest absolute Gasteiger partial charge is 0.421 e. The number of hydrogen-bond donors (Lipinski definition) is 0. The summed E-state index contributed by atoms with van der Waals surface area (Å²) in [7, 11) is -0.428. The molecular formula is C6H13Cl3OSi. The van der Waals surface area contributed by atoms with Crippen molar-refractivity contribution in [2.24, 2.45) is 0 Å². The molecule has 0 aliphatic rings. The molecular weight excluding hydrogens is 223 g/mol. The molecule has 0 fully saturated rings. The van der Waals surface area contributed by atoms with Gasteiger partial charge < -0.3 is 4.43 Å². The summed E-state index contributed by atoms with van der Waals surface area (Å²) in [6.07, 6.45) is 1.03. The van der Waals surface area contributed by atoms with E-state index in [2.05, 4.69) is 0 Å². The van der Waals surface area contributed by atoms with Crippen molar-refractivity contribution in [3.63, 3.8) is 0 Å². The summed E-state index contributed by atoms with van der Waals surface area (Å²) in [5.74, 6) is 0. The van der Waals surface area contributed by atoms with E-state index >= 15 is 0 Å². The summed E-state index contributed by atoms with van der Waals surface area (Å²) in [5, 5.41) is 0.258. The monoisotopic (exact) mass is 234 g/mol. The highest BCUT2D eigenvalue weighted by molar-refractivity contribution is 6.44. The summed E-state index contributed by atoms with van der Waals surface area (Å²) in [6, 6.07) is 1.10. The average molecular weight is 236 g/mol. The Morgan fingerprint density at radius 1 is 1.36 bits per heavy atom. The minimum Gasteiger partial charge on any atom is -0.421 e. The van der Waals surface area contributed by atoms with Crippen molar-refractivity contribution in [2.75, 3.05) is 6.61 Å². The van der Waals surface area contributed by atoms with Crippen molar-refractivity contribution in [1.82, 2.24) is 0 Å². The van der Waals surface area contributed by atoms with Gasteiger partial charge in [0.15, 0.2) is 9.76 Å². The molecule has 0 bridgehead atoms. The van der Waals surface area contributed by atoms with Gasteiger partial charge in [-0.3, -0.25) is 0 Å². The van der Waals surface area contributed by atoms with Gasteiger partial charge in [0.25, 0.3) is 0 Å². The van der Waals surface area contributed by atoms with Gasteiger partial charge in [0.2, 0.25) is 0 Å². The lowest BCUT2D eigenvalue weighted by Gasteiger charge is -2.04. The molecule has 0 rings (SSSR count). The first-order valence-corrected chi connectivity index (χ1v) is 6.51. The van der Waals surface area contributed by atoms with Crippen LogP contribution in [0.5, 0.6) is 0 Å². The summed E-state index contributed by atoms with van der Waals surface area (Å²) in [5.41, 5.74) is 0. The Balaban J connectivity index is 2.91. The van der Waals surface area contributed by atoms with Crippen LogP contribution in [0.15, 0.2) is 0 Å². The maximum atomic E-state index is 5.73. The third-order valence-corrected chi connectivity index (χ3v) is 2.83. The van der Waals surface area contributed by atoms with Gasteiger partial charge in [0.1, 0.15) is 4.84 Å². The molecule has 68 valence electrons.